The molecule has 3 aliphatic carbocycles. The Balaban J connectivity index is 1.32. The minimum Gasteiger partial charge on any atom is -0.406 e. The first-order chi connectivity index (χ1) is 14.4. The molecule has 3 saturated carbocycles. The predicted molar refractivity (Wildman–Crippen MR) is 114 cm³/mol. The van der Waals surface area contributed by atoms with Gasteiger partial charge in [-0.2, -0.15) is 0 Å². The second kappa shape index (κ2) is 9.36. The standard InChI is InChI=1S/C26H35F3O/c1-2-3-4-5-18-6-14-24-21(16-18)7-8-22-17-20(11-15-25(22)24)19-9-12-23(13-10-19)30-26(27,28)29/h2-3,9-10,12-13,18,20-22,24-25H,4-8,11,14-17H2,1H3/b3-2+/t18-,20?,21-,22+,24+,25+/m1/s1. The summed E-state index contributed by atoms with van der Waals surface area (Å²) in [6.07, 6.45) is 13.1. The smallest absolute Gasteiger partial charge is 0.406 e. The fourth-order valence-electron chi connectivity index (χ4n) is 6.90. The van der Waals surface area contributed by atoms with E-state index in [0.29, 0.717) is 5.92 Å². The first kappa shape index (κ1) is 21.8. The lowest BCUT2D eigenvalue weighted by atomic mass is 9.55. The van der Waals surface area contributed by atoms with Gasteiger partial charge in [0.25, 0.3) is 0 Å². The number of benzene rings is 1. The summed E-state index contributed by atoms with van der Waals surface area (Å²) >= 11 is 0. The molecule has 1 unspecified atom stereocenters. The Hall–Kier alpha value is -1.45. The van der Waals surface area contributed by atoms with E-state index in [-0.39, 0.29) is 5.75 Å². The molecule has 0 amide bonds. The highest BCUT2D eigenvalue weighted by atomic mass is 19.4. The Morgan fingerprint density at radius 2 is 1.57 bits per heavy atom. The van der Waals surface area contributed by atoms with Gasteiger partial charge in [0.1, 0.15) is 5.75 Å². The lowest BCUT2D eigenvalue weighted by Crippen LogP contribution is -2.41. The molecular weight excluding hydrogens is 385 g/mol. The lowest BCUT2D eigenvalue weighted by Gasteiger charge is -2.51. The van der Waals surface area contributed by atoms with Crippen LogP contribution in [-0.4, -0.2) is 6.36 Å². The summed E-state index contributed by atoms with van der Waals surface area (Å²) in [6, 6.07) is 6.63. The molecule has 30 heavy (non-hydrogen) atoms. The Kier molecular flexibility index (Phi) is 6.79. The number of allylic oxidation sites excluding steroid dienone is 2. The fraction of sp³-hybridized carbons (Fsp3) is 0.692. The highest BCUT2D eigenvalue weighted by Crippen LogP contribution is 2.55. The monoisotopic (exact) mass is 420 g/mol. The van der Waals surface area contributed by atoms with Crippen LogP contribution < -0.4 is 4.74 Å². The third-order valence-corrected chi connectivity index (χ3v) is 8.21. The molecule has 4 heteroatoms. The Bertz CT molecular complexity index is 708. The maximum Gasteiger partial charge on any atom is 0.573 e. The van der Waals surface area contributed by atoms with Gasteiger partial charge in [-0.15, -0.1) is 13.2 Å². The normalized spacial score (nSPS) is 34.4. The number of alkyl halides is 3. The summed E-state index contributed by atoms with van der Waals surface area (Å²) in [5, 5.41) is 0. The summed E-state index contributed by atoms with van der Waals surface area (Å²) < 4.78 is 41.2. The van der Waals surface area contributed by atoms with E-state index in [0.717, 1.165) is 29.6 Å². The van der Waals surface area contributed by atoms with Crippen molar-refractivity contribution in [3.8, 4) is 5.75 Å². The van der Waals surface area contributed by atoms with Gasteiger partial charge in [-0.25, -0.2) is 0 Å². The number of ether oxygens (including phenoxy) is 1. The molecule has 0 spiro atoms. The van der Waals surface area contributed by atoms with Crippen LogP contribution in [0.3, 0.4) is 0 Å². The molecule has 0 aromatic heterocycles. The van der Waals surface area contributed by atoms with E-state index in [1.165, 1.54) is 81.9 Å². The highest BCUT2D eigenvalue weighted by Gasteiger charge is 2.44. The number of hydrogen-bond donors (Lipinski definition) is 0. The lowest BCUT2D eigenvalue weighted by molar-refractivity contribution is -0.274. The van der Waals surface area contributed by atoms with Crippen LogP contribution in [0.15, 0.2) is 36.4 Å². The van der Waals surface area contributed by atoms with E-state index in [9.17, 15) is 13.2 Å². The van der Waals surface area contributed by atoms with Gasteiger partial charge in [-0.1, -0.05) is 30.7 Å². The van der Waals surface area contributed by atoms with Crippen molar-refractivity contribution in [1.29, 1.82) is 0 Å². The molecule has 0 bridgehead atoms. The molecule has 3 fully saturated rings. The average molecular weight is 421 g/mol. The van der Waals surface area contributed by atoms with Gasteiger partial charge in [-0.05, 0) is 118 Å². The van der Waals surface area contributed by atoms with Crippen LogP contribution in [0.2, 0.25) is 0 Å². The minimum atomic E-state index is -4.62. The molecule has 0 N–H and O–H groups in total. The van der Waals surface area contributed by atoms with Crippen LogP contribution in [0.5, 0.6) is 5.75 Å². The molecule has 0 heterocycles. The third kappa shape index (κ3) is 5.23. The molecule has 166 valence electrons. The van der Waals surface area contributed by atoms with E-state index in [1.807, 2.05) is 12.1 Å². The van der Waals surface area contributed by atoms with Gasteiger partial charge >= 0.3 is 6.36 Å². The van der Waals surface area contributed by atoms with Crippen molar-refractivity contribution in [3.05, 3.63) is 42.0 Å². The average Bonchev–Trinajstić information content (AvgIpc) is 2.73. The van der Waals surface area contributed by atoms with Gasteiger partial charge in [0.15, 0.2) is 0 Å². The SMILES string of the molecule is C/C=C/CC[C@@H]1CC[C@H]2[C@H](CC[C@H]3CC(c4ccc(OC(F)(F)F)cc4)CC[C@@H]32)C1. The predicted octanol–water partition coefficient (Wildman–Crippen LogP) is 8.27. The molecule has 4 rings (SSSR count). The van der Waals surface area contributed by atoms with E-state index in [1.54, 1.807) is 0 Å². The van der Waals surface area contributed by atoms with Gasteiger partial charge in [0, 0.05) is 0 Å². The highest BCUT2D eigenvalue weighted by molar-refractivity contribution is 5.30. The zero-order chi connectivity index (χ0) is 21.1. The number of halogens is 3. The summed E-state index contributed by atoms with van der Waals surface area (Å²) in [5.41, 5.74) is 1.18. The maximum atomic E-state index is 12.4. The van der Waals surface area contributed by atoms with Crippen LogP contribution in [0.4, 0.5) is 13.2 Å². The summed E-state index contributed by atoms with van der Waals surface area (Å²) in [6.45, 7) is 2.11. The van der Waals surface area contributed by atoms with Gasteiger partial charge in [-0.3, -0.25) is 0 Å². The van der Waals surface area contributed by atoms with Crippen molar-refractivity contribution in [2.24, 2.45) is 29.6 Å². The largest absolute Gasteiger partial charge is 0.573 e. The molecule has 3 aliphatic rings. The molecule has 1 aromatic rings. The van der Waals surface area contributed by atoms with Crippen LogP contribution in [0, 0.1) is 29.6 Å². The molecule has 1 nitrogen and oxygen atoms in total. The number of fused-ring (bicyclic) bond motifs is 3. The summed E-state index contributed by atoms with van der Waals surface area (Å²) in [7, 11) is 0. The number of hydrogen-bond acceptors (Lipinski definition) is 1. The second-order valence-electron chi connectivity index (χ2n) is 9.88. The van der Waals surface area contributed by atoms with Crippen molar-refractivity contribution >= 4 is 0 Å². The van der Waals surface area contributed by atoms with Gasteiger partial charge < -0.3 is 4.74 Å². The minimum absolute atomic E-state index is 0.119. The zero-order valence-corrected chi connectivity index (χ0v) is 18.0. The van der Waals surface area contributed by atoms with Crippen LogP contribution in [0.25, 0.3) is 0 Å². The Morgan fingerprint density at radius 3 is 2.23 bits per heavy atom. The molecule has 0 radical (unpaired) electrons. The van der Waals surface area contributed by atoms with Gasteiger partial charge in [0.2, 0.25) is 0 Å². The van der Waals surface area contributed by atoms with E-state index < -0.39 is 6.36 Å². The van der Waals surface area contributed by atoms with E-state index in [4.69, 9.17) is 0 Å². The first-order valence-electron chi connectivity index (χ1n) is 11.9. The van der Waals surface area contributed by atoms with Crippen LogP contribution in [-0.2, 0) is 0 Å². The number of rotatable bonds is 5. The van der Waals surface area contributed by atoms with Crippen LogP contribution in [0.1, 0.15) is 82.6 Å². The Morgan fingerprint density at radius 1 is 0.900 bits per heavy atom. The summed E-state index contributed by atoms with van der Waals surface area (Å²) in [5.74, 6) is 4.83. The van der Waals surface area contributed by atoms with Crippen molar-refractivity contribution in [1.82, 2.24) is 0 Å². The first-order valence-corrected chi connectivity index (χ1v) is 11.9. The van der Waals surface area contributed by atoms with E-state index in [2.05, 4.69) is 23.8 Å². The third-order valence-electron chi connectivity index (χ3n) is 8.21. The van der Waals surface area contributed by atoms with Crippen molar-refractivity contribution in [2.75, 3.05) is 0 Å². The van der Waals surface area contributed by atoms with E-state index >= 15 is 0 Å². The Labute approximate surface area is 179 Å². The zero-order valence-electron chi connectivity index (χ0n) is 18.0. The van der Waals surface area contributed by atoms with Crippen LogP contribution >= 0.6 is 0 Å². The summed E-state index contributed by atoms with van der Waals surface area (Å²) in [4.78, 5) is 0. The van der Waals surface area contributed by atoms with Crippen molar-refractivity contribution < 1.29 is 17.9 Å². The second-order valence-corrected chi connectivity index (χ2v) is 9.88. The molecule has 0 aliphatic heterocycles. The topological polar surface area (TPSA) is 9.23 Å². The molecular formula is C26H35F3O. The van der Waals surface area contributed by atoms with Gasteiger partial charge in [0.05, 0.1) is 0 Å². The van der Waals surface area contributed by atoms with Crippen molar-refractivity contribution in [2.45, 2.75) is 83.4 Å². The molecule has 1 aromatic carbocycles. The molecule has 0 saturated heterocycles. The molecule has 6 atom stereocenters. The fourth-order valence-corrected chi connectivity index (χ4v) is 6.90. The van der Waals surface area contributed by atoms with Crippen molar-refractivity contribution in [3.63, 3.8) is 0 Å². The maximum absolute atomic E-state index is 12.4. The quantitative estimate of drug-likeness (QED) is 0.436.